The minimum Gasteiger partial charge on any atom is -0.294 e. The van der Waals surface area contributed by atoms with Crippen LogP contribution in [-0.4, -0.2) is 23.1 Å². The molecule has 0 aliphatic heterocycles. The summed E-state index contributed by atoms with van der Waals surface area (Å²) in [6.07, 6.45) is 2.08. The SMILES string of the molecule is CC(=O)c1c2ccc(c1C(C)=O)CCc1ccc(c(C(C)=O)c1C(C)=O)CC2. The van der Waals surface area contributed by atoms with Crippen LogP contribution in [0.4, 0.5) is 0 Å². The number of rotatable bonds is 4. The van der Waals surface area contributed by atoms with Gasteiger partial charge in [0.2, 0.25) is 0 Å². The zero-order valence-electron chi connectivity index (χ0n) is 16.8. The van der Waals surface area contributed by atoms with Crippen LogP contribution >= 0.6 is 0 Å². The maximum atomic E-state index is 12.4. The molecule has 0 saturated carbocycles. The average molecular weight is 376 g/mol. The number of hydrogen-bond acceptors (Lipinski definition) is 4. The maximum absolute atomic E-state index is 12.4. The Kier molecular flexibility index (Phi) is 5.41. The fourth-order valence-corrected chi connectivity index (χ4v) is 4.36. The molecule has 4 heteroatoms. The molecule has 0 atom stereocenters. The van der Waals surface area contributed by atoms with Crippen LogP contribution in [-0.2, 0) is 25.7 Å². The molecule has 4 nitrogen and oxygen atoms in total. The standard InChI is InChI=1S/C24H24O4/c1-13(25)21-17-5-6-18(22(21)14(2)26)11-12-20-8-7-19(10-9-17)23(15(3)27)24(20)16(4)28/h5-8H,9-12H2,1-4H3. The number of carbonyl (C=O) groups excluding carboxylic acids is 4. The number of benzene rings is 2. The number of carbonyl (C=O) groups is 4. The van der Waals surface area contributed by atoms with E-state index in [-0.39, 0.29) is 23.1 Å². The fourth-order valence-electron chi connectivity index (χ4n) is 4.36. The largest absolute Gasteiger partial charge is 0.294 e. The van der Waals surface area contributed by atoms with Gasteiger partial charge in [0.15, 0.2) is 23.1 Å². The lowest BCUT2D eigenvalue weighted by atomic mass is 9.82. The minimum atomic E-state index is -0.121. The Hall–Kier alpha value is -2.88. The maximum Gasteiger partial charge on any atom is 0.160 e. The monoisotopic (exact) mass is 376 g/mol. The molecule has 4 bridgehead atoms. The second-order valence-corrected chi connectivity index (χ2v) is 7.49. The molecule has 2 aromatic rings. The van der Waals surface area contributed by atoms with E-state index in [0.717, 1.165) is 22.3 Å². The van der Waals surface area contributed by atoms with Crippen molar-refractivity contribution in [1.29, 1.82) is 0 Å². The Bertz CT molecular complexity index is 862. The highest BCUT2D eigenvalue weighted by molar-refractivity contribution is 6.10. The van der Waals surface area contributed by atoms with Crippen LogP contribution in [0.5, 0.6) is 0 Å². The summed E-state index contributed by atoms with van der Waals surface area (Å²) in [5, 5.41) is 0. The summed E-state index contributed by atoms with van der Waals surface area (Å²) in [4.78, 5) is 49.5. The van der Waals surface area contributed by atoms with Crippen molar-refractivity contribution >= 4 is 23.1 Å². The van der Waals surface area contributed by atoms with Crippen molar-refractivity contribution in [2.45, 2.75) is 53.4 Å². The summed E-state index contributed by atoms with van der Waals surface area (Å²) in [7, 11) is 0. The first-order chi connectivity index (χ1) is 13.2. The molecule has 0 N–H and O–H groups in total. The first kappa shape index (κ1) is 19.9. The summed E-state index contributed by atoms with van der Waals surface area (Å²) in [6, 6.07) is 7.69. The van der Waals surface area contributed by atoms with Gasteiger partial charge in [0.1, 0.15) is 0 Å². The molecule has 4 aliphatic carbocycles. The smallest absolute Gasteiger partial charge is 0.160 e. The van der Waals surface area contributed by atoms with Gasteiger partial charge in [0.05, 0.1) is 0 Å². The van der Waals surface area contributed by atoms with Gasteiger partial charge in [-0.2, -0.15) is 0 Å². The van der Waals surface area contributed by atoms with Gasteiger partial charge < -0.3 is 0 Å². The second-order valence-electron chi connectivity index (χ2n) is 7.49. The van der Waals surface area contributed by atoms with Gasteiger partial charge in [-0.15, -0.1) is 0 Å². The van der Waals surface area contributed by atoms with Gasteiger partial charge in [-0.3, -0.25) is 19.2 Å². The van der Waals surface area contributed by atoms with Crippen molar-refractivity contribution in [2.24, 2.45) is 0 Å². The Labute approximate surface area is 165 Å². The average Bonchev–Trinajstić information content (AvgIpc) is 2.61. The third kappa shape index (κ3) is 3.47. The van der Waals surface area contributed by atoms with Gasteiger partial charge in [-0.25, -0.2) is 0 Å². The summed E-state index contributed by atoms with van der Waals surface area (Å²) >= 11 is 0. The van der Waals surface area contributed by atoms with E-state index in [4.69, 9.17) is 0 Å². The molecular formula is C24H24O4. The van der Waals surface area contributed by atoms with Crippen LogP contribution in [0.15, 0.2) is 24.3 Å². The summed E-state index contributed by atoms with van der Waals surface area (Å²) < 4.78 is 0. The van der Waals surface area contributed by atoms with Crippen molar-refractivity contribution < 1.29 is 19.2 Å². The molecule has 28 heavy (non-hydrogen) atoms. The molecule has 0 radical (unpaired) electrons. The first-order valence-corrected chi connectivity index (χ1v) is 9.55. The van der Waals surface area contributed by atoms with E-state index >= 15 is 0 Å². The van der Waals surface area contributed by atoms with E-state index in [0.29, 0.717) is 47.9 Å². The zero-order chi connectivity index (χ0) is 20.6. The summed E-state index contributed by atoms with van der Waals surface area (Å²) in [6.45, 7) is 5.96. The van der Waals surface area contributed by atoms with Crippen molar-refractivity contribution in [2.75, 3.05) is 0 Å². The Balaban J connectivity index is 2.28. The summed E-state index contributed by atoms with van der Waals surface area (Å²) in [5.41, 5.74) is 5.23. The van der Waals surface area contributed by atoms with Crippen molar-refractivity contribution in [1.82, 2.24) is 0 Å². The first-order valence-electron chi connectivity index (χ1n) is 9.55. The highest BCUT2D eigenvalue weighted by atomic mass is 16.1. The van der Waals surface area contributed by atoms with Crippen molar-refractivity contribution in [3.8, 4) is 0 Å². The van der Waals surface area contributed by atoms with Crippen molar-refractivity contribution in [3.05, 3.63) is 68.8 Å². The third-order valence-corrected chi connectivity index (χ3v) is 5.49. The van der Waals surface area contributed by atoms with E-state index in [1.54, 1.807) is 0 Å². The Morgan fingerprint density at radius 3 is 0.786 bits per heavy atom. The molecule has 144 valence electrons. The van der Waals surface area contributed by atoms with E-state index in [1.807, 2.05) is 24.3 Å². The van der Waals surface area contributed by atoms with Gasteiger partial charge in [0, 0.05) is 22.3 Å². The highest BCUT2D eigenvalue weighted by Gasteiger charge is 2.24. The van der Waals surface area contributed by atoms with Gasteiger partial charge >= 0.3 is 0 Å². The Morgan fingerprint density at radius 1 is 0.464 bits per heavy atom. The molecule has 0 saturated heterocycles. The lowest BCUT2D eigenvalue weighted by Crippen LogP contribution is -2.17. The molecule has 0 aromatic heterocycles. The number of ketones is 4. The molecule has 4 aliphatic rings. The van der Waals surface area contributed by atoms with Crippen LogP contribution in [0.3, 0.4) is 0 Å². The van der Waals surface area contributed by atoms with Gasteiger partial charge in [-0.1, -0.05) is 24.3 Å². The molecule has 6 rings (SSSR count). The normalized spacial score (nSPS) is 13.0. The zero-order valence-corrected chi connectivity index (χ0v) is 16.8. The van der Waals surface area contributed by atoms with Gasteiger partial charge in [0.25, 0.3) is 0 Å². The van der Waals surface area contributed by atoms with Crippen molar-refractivity contribution in [3.63, 3.8) is 0 Å². The molecule has 0 heterocycles. The number of Topliss-reactive ketones (excluding diaryl/α,β-unsaturated/α-hetero) is 4. The Morgan fingerprint density at radius 2 is 0.643 bits per heavy atom. The quantitative estimate of drug-likeness (QED) is 0.743. The van der Waals surface area contributed by atoms with E-state index in [2.05, 4.69) is 0 Å². The van der Waals surface area contributed by atoms with Crippen LogP contribution < -0.4 is 0 Å². The fraction of sp³-hybridized carbons (Fsp3) is 0.333. The minimum absolute atomic E-state index is 0.121. The lowest BCUT2D eigenvalue weighted by molar-refractivity contribution is 0.0978. The van der Waals surface area contributed by atoms with E-state index in [1.165, 1.54) is 27.7 Å². The molecule has 0 fully saturated rings. The highest BCUT2D eigenvalue weighted by Crippen LogP contribution is 2.29. The number of hydrogen-bond donors (Lipinski definition) is 0. The van der Waals surface area contributed by atoms with Crippen LogP contribution in [0.1, 0.15) is 91.4 Å². The second kappa shape index (κ2) is 7.63. The van der Waals surface area contributed by atoms with E-state index < -0.39 is 0 Å². The van der Waals surface area contributed by atoms with Crippen LogP contribution in [0.25, 0.3) is 0 Å². The predicted octanol–water partition coefficient (Wildman–Crippen LogP) is 4.38. The van der Waals surface area contributed by atoms with Gasteiger partial charge in [-0.05, 0) is 75.6 Å². The molecular weight excluding hydrogens is 352 g/mol. The molecule has 0 spiro atoms. The molecule has 0 amide bonds. The third-order valence-electron chi connectivity index (χ3n) is 5.49. The molecule has 0 unspecified atom stereocenters. The van der Waals surface area contributed by atoms with Crippen LogP contribution in [0.2, 0.25) is 0 Å². The van der Waals surface area contributed by atoms with E-state index in [9.17, 15) is 19.2 Å². The van der Waals surface area contributed by atoms with Crippen LogP contribution in [0, 0.1) is 0 Å². The number of aryl methyl sites for hydroxylation is 4. The molecule has 2 aromatic carbocycles. The predicted molar refractivity (Wildman–Crippen MR) is 108 cm³/mol. The lowest BCUT2D eigenvalue weighted by Gasteiger charge is -2.20. The topological polar surface area (TPSA) is 68.3 Å². The summed E-state index contributed by atoms with van der Waals surface area (Å²) in [5.74, 6) is -0.484.